The largest absolute Gasteiger partial charge is 0.379 e. The highest BCUT2D eigenvalue weighted by atomic mass is 32.2. The number of hydrogen-bond acceptors (Lipinski definition) is 5. The summed E-state index contributed by atoms with van der Waals surface area (Å²) >= 11 is 0. The predicted molar refractivity (Wildman–Crippen MR) is 92.7 cm³/mol. The Morgan fingerprint density at radius 3 is 2.70 bits per heavy atom. The maximum Gasteiger partial charge on any atom is 0.191 e. The van der Waals surface area contributed by atoms with E-state index in [-0.39, 0.29) is 12.6 Å². The van der Waals surface area contributed by atoms with E-state index in [1.54, 1.807) is 13.8 Å². The number of hydrogen-bond donors (Lipinski definition) is 2. The number of nitrogens with zero attached hydrogens (tertiary/aromatic N) is 1. The molecule has 1 atom stereocenters. The molecule has 1 unspecified atom stereocenters. The van der Waals surface area contributed by atoms with Crippen molar-refractivity contribution >= 4 is 15.8 Å². The Balaban J connectivity index is 2.34. The molecule has 1 fully saturated rings. The Morgan fingerprint density at radius 2 is 2.13 bits per heavy atom. The van der Waals surface area contributed by atoms with Gasteiger partial charge in [0.2, 0.25) is 0 Å². The Bertz CT molecular complexity index is 471. The summed E-state index contributed by atoms with van der Waals surface area (Å²) in [7, 11) is -3.15. The first-order valence-corrected chi connectivity index (χ1v) is 10.1. The van der Waals surface area contributed by atoms with Crippen LogP contribution in [0.4, 0.5) is 0 Å². The van der Waals surface area contributed by atoms with Crippen LogP contribution in [-0.2, 0) is 19.3 Å². The zero-order chi connectivity index (χ0) is 17.3. The lowest BCUT2D eigenvalue weighted by molar-refractivity contribution is 0.0420. The molecule has 2 N–H and O–H groups in total. The minimum absolute atomic E-state index is 0.219. The third-order valence-electron chi connectivity index (χ3n) is 3.82. The van der Waals surface area contributed by atoms with Crippen molar-refractivity contribution in [2.24, 2.45) is 4.99 Å². The quantitative estimate of drug-likeness (QED) is 0.359. The molecule has 0 saturated carbocycles. The molecule has 0 aromatic carbocycles. The number of aliphatic imine (C=N–C) groups is 1. The summed E-state index contributed by atoms with van der Waals surface area (Å²) < 4.78 is 33.5. The van der Waals surface area contributed by atoms with Gasteiger partial charge in [0.25, 0.3) is 0 Å². The van der Waals surface area contributed by atoms with Gasteiger partial charge in [0.1, 0.15) is 0 Å². The zero-order valence-electron chi connectivity index (χ0n) is 14.7. The maximum absolute atomic E-state index is 11.7. The molecule has 0 aromatic rings. The van der Waals surface area contributed by atoms with Crippen molar-refractivity contribution in [2.45, 2.75) is 44.5 Å². The standard InChI is InChI=1S/C15H31N3O4S/c1-5-16-14(18-12-15(2,3)23(4,19)20)17-8-6-9-22-13-7-10-21-11-13/h13H,5-12H2,1-4H3,(H2,16,17,18). The summed E-state index contributed by atoms with van der Waals surface area (Å²) in [5.41, 5.74) is 0. The fourth-order valence-electron chi connectivity index (χ4n) is 1.90. The van der Waals surface area contributed by atoms with E-state index in [2.05, 4.69) is 15.6 Å². The molecule has 136 valence electrons. The van der Waals surface area contributed by atoms with Crippen molar-refractivity contribution in [3.8, 4) is 0 Å². The Hall–Kier alpha value is -0.860. The van der Waals surface area contributed by atoms with Crippen LogP contribution in [0.3, 0.4) is 0 Å². The van der Waals surface area contributed by atoms with Gasteiger partial charge in [0.05, 0.1) is 24.0 Å². The van der Waals surface area contributed by atoms with Crippen LogP contribution >= 0.6 is 0 Å². The zero-order valence-corrected chi connectivity index (χ0v) is 15.5. The van der Waals surface area contributed by atoms with Crippen LogP contribution in [-0.4, -0.2) is 70.9 Å². The van der Waals surface area contributed by atoms with Crippen molar-refractivity contribution in [1.82, 2.24) is 10.6 Å². The molecule has 0 aliphatic carbocycles. The third-order valence-corrected chi connectivity index (χ3v) is 5.96. The second kappa shape index (κ2) is 9.44. The Labute approximate surface area is 140 Å². The lowest BCUT2D eigenvalue weighted by Crippen LogP contribution is -2.41. The second-order valence-corrected chi connectivity index (χ2v) is 9.01. The smallest absolute Gasteiger partial charge is 0.191 e. The van der Waals surface area contributed by atoms with E-state index in [1.807, 2.05) is 6.92 Å². The predicted octanol–water partition coefficient (Wildman–Crippen LogP) is 0.560. The minimum Gasteiger partial charge on any atom is -0.379 e. The topological polar surface area (TPSA) is 89.0 Å². The first-order chi connectivity index (χ1) is 10.8. The highest BCUT2D eigenvalue weighted by Gasteiger charge is 2.29. The van der Waals surface area contributed by atoms with Gasteiger partial charge >= 0.3 is 0 Å². The van der Waals surface area contributed by atoms with Crippen LogP contribution in [0.25, 0.3) is 0 Å². The van der Waals surface area contributed by atoms with Gasteiger partial charge in [-0.15, -0.1) is 0 Å². The van der Waals surface area contributed by atoms with Crippen molar-refractivity contribution in [3.05, 3.63) is 0 Å². The summed E-state index contributed by atoms with van der Waals surface area (Å²) in [4.78, 5) is 4.38. The summed E-state index contributed by atoms with van der Waals surface area (Å²) in [6.45, 7) is 9.17. The van der Waals surface area contributed by atoms with Crippen LogP contribution < -0.4 is 10.6 Å². The molecular formula is C15H31N3O4S. The number of ether oxygens (including phenoxy) is 2. The van der Waals surface area contributed by atoms with Crippen molar-refractivity contribution in [3.63, 3.8) is 0 Å². The fraction of sp³-hybridized carbons (Fsp3) is 0.933. The van der Waals surface area contributed by atoms with Crippen LogP contribution in [0.5, 0.6) is 0 Å². The molecule has 0 amide bonds. The minimum atomic E-state index is -3.15. The molecule has 0 aromatic heterocycles. The molecule has 1 heterocycles. The third kappa shape index (κ3) is 7.50. The van der Waals surface area contributed by atoms with Gasteiger partial charge in [-0.25, -0.2) is 8.42 Å². The number of sulfone groups is 1. The van der Waals surface area contributed by atoms with Gasteiger partial charge in [-0.05, 0) is 33.6 Å². The van der Waals surface area contributed by atoms with Crippen LogP contribution in [0.2, 0.25) is 0 Å². The van der Waals surface area contributed by atoms with Crippen LogP contribution in [0, 0.1) is 0 Å². The molecule has 0 spiro atoms. The second-order valence-electron chi connectivity index (χ2n) is 6.36. The monoisotopic (exact) mass is 349 g/mol. The van der Waals surface area contributed by atoms with E-state index >= 15 is 0 Å². The number of guanidine groups is 1. The average molecular weight is 349 g/mol. The van der Waals surface area contributed by atoms with E-state index in [0.29, 0.717) is 19.2 Å². The number of nitrogens with one attached hydrogen (secondary N) is 2. The van der Waals surface area contributed by atoms with E-state index in [1.165, 1.54) is 6.26 Å². The molecule has 1 aliphatic heterocycles. The summed E-state index contributed by atoms with van der Waals surface area (Å²) in [5.74, 6) is 0.633. The van der Waals surface area contributed by atoms with Crippen LogP contribution in [0.1, 0.15) is 33.6 Å². The van der Waals surface area contributed by atoms with Crippen molar-refractivity contribution < 1.29 is 17.9 Å². The first-order valence-electron chi connectivity index (χ1n) is 8.17. The van der Waals surface area contributed by atoms with Gasteiger partial charge < -0.3 is 20.1 Å². The molecule has 0 bridgehead atoms. The lowest BCUT2D eigenvalue weighted by Gasteiger charge is -2.21. The van der Waals surface area contributed by atoms with E-state index in [9.17, 15) is 8.42 Å². The van der Waals surface area contributed by atoms with E-state index in [0.717, 1.165) is 32.5 Å². The normalized spacial score (nSPS) is 19.8. The highest BCUT2D eigenvalue weighted by molar-refractivity contribution is 7.92. The van der Waals surface area contributed by atoms with Crippen LogP contribution in [0.15, 0.2) is 4.99 Å². The van der Waals surface area contributed by atoms with Crippen molar-refractivity contribution in [1.29, 1.82) is 0 Å². The average Bonchev–Trinajstić information content (AvgIpc) is 2.96. The maximum atomic E-state index is 11.7. The van der Waals surface area contributed by atoms with E-state index in [4.69, 9.17) is 9.47 Å². The molecule has 8 heteroatoms. The fourth-order valence-corrected chi connectivity index (χ4v) is 2.20. The molecular weight excluding hydrogens is 318 g/mol. The molecule has 1 aliphatic rings. The van der Waals surface area contributed by atoms with Crippen molar-refractivity contribution in [2.75, 3.05) is 45.7 Å². The summed E-state index contributed by atoms with van der Waals surface area (Å²) in [5, 5.41) is 6.32. The lowest BCUT2D eigenvalue weighted by atomic mass is 10.2. The van der Waals surface area contributed by atoms with E-state index < -0.39 is 14.6 Å². The van der Waals surface area contributed by atoms with Gasteiger partial charge in [-0.3, -0.25) is 4.99 Å². The van der Waals surface area contributed by atoms with Gasteiger partial charge in [0, 0.05) is 32.6 Å². The Morgan fingerprint density at radius 1 is 1.39 bits per heavy atom. The molecule has 7 nitrogen and oxygen atoms in total. The number of rotatable bonds is 9. The summed E-state index contributed by atoms with van der Waals surface area (Å²) in [6, 6.07) is 0. The molecule has 1 saturated heterocycles. The molecule has 0 radical (unpaired) electrons. The Kier molecular flexibility index (Phi) is 8.28. The van der Waals surface area contributed by atoms with Gasteiger partial charge in [-0.2, -0.15) is 0 Å². The highest BCUT2D eigenvalue weighted by Crippen LogP contribution is 2.15. The first kappa shape index (κ1) is 20.2. The SMILES string of the molecule is CCNC(=NCC(C)(C)S(C)(=O)=O)NCCCOC1CCOC1. The van der Waals surface area contributed by atoms with Gasteiger partial charge in [0.15, 0.2) is 15.8 Å². The summed E-state index contributed by atoms with van der Waals surface area (Å²) in [6.07, 6.45) is 3.30. The molecule has 23 heavy (non-hydrogen) atoms. The van der Waals surface area contributed by atoms with Gasteiger partial charge in [-0.1, -0.05) is 0 Å². The molecule has 1 rings (SSSR count).